The molecule has 1 rings (SSSR count). The van der Waals surface area contributed by atoms with Crippen LogP contribution >= 0.6 is 0 Å². The van der Waals surface area contributed by atoms with E-state index < -0.39 is 0 Å². The molecule has 0 bridgehead atoms. The van der Waals surface area contributed by atoms with Crippen LogP contribution in [0.25, 0.3) is 0 Å². The van der Waals surface area contributed by atoms with Crippen LogP contribution < -0.4 is 10.5 Å². The molecule has 0 aliphatic rings. The van der Waals surface area contributed by atoms with Crippen molar-refractivity contribution in [1.82, 2.24) is 0 Å². The Morgan fingerprint density at radius 2 is 2.12 bits per heavy atom. The van der Waals surface area contributed by atoms with Crippen molar-refractivity contribution >= 4 is 11.5 Å². The van der Waals surface area contributed by atoms with E-state index in [0.29, 0.717) is 30.0 Å². The Hall–Kier alpha value is -1.55. The van der Waals surface area contributed by atoms with E-state index in [0.717, 1.165) is 0 Å². The van der Waals surface area contributed by atoms with Crippen molar-refractivity contribution in [2.75, 3.05) is 26.6 Å². The molecule has 0 aromatic heterocycles. The van der Waals surface area contributed by atoms with E-state index in [4.69, 9.17) is 15.2 Å². The van der Waals surface area contributed by atoms with Crippen LogP contribution in [-0.2, 0) is 4.74 Å². The van der Waals surface area contributed by atoms with Gasteiger partial charge in [-0.2, -0.15) is 0 Å². The van der Waals surface area contributed by atoms with Crippen molar-refractivity contribution in [3.63, 3.8) is 0 Å². The number of methoxy groups -OCH3 is 2. The zero-order valence-electron chi connectivity index (χ0n) is 10.5. The molecule has 0 saturated heterocycles. The first-order valence-electron chi connectivity index (χ1n) is 5.57. The fourth-order valence-corrected chi connectivity index (χ4v) is 1.63. The summed E-state index contributed by atoms with van der Waals surface area (Å²) in [7, 11) is 3.16. The molecule has 1 unspecified atom stereocenters. The van der Waals surface area contributed by atoms with E-state index in [-0.39, 0.29) is 11.7 Å². The van der Waals surface area contributed by atoms with E-state index in [1.807, 2.05) is 6.92 Å². The van der Waals surface area contributed by atoms with Crippen molar-refractivity contribution in [2.24, 2.45) is 5.92 Å². The number of carbonyl (C=O) groups is 1. The second-order valence-electron chi connectivity index (χ2n) is 3.97. The monoisotopic (exact) mass is 237 g/mol. The molecule has 0 saturated carbocycles. The standard InChI is InChI=1S/C13H19NO3/c1-9(7-8-16-2)13(15)10-5-4-6-11(17-3)12(10)14/h4-6,9H,7-8,14H2,1-3H3. The summed E-state index contributed by atoms with van der Waals surface area (Å²) >= 11 is 0. The van der Waals surface area contributed by atoms with Gasteiger partial charge in [0.05, 0.1) is 12.8 Å². The smallest absolute Gasteiger partial charge is 0.167 e. The average molecular weight is 237 g/mol. The number of anilines is 1. The molecule has 0 aliphatic heterocycles. The number of carbonyl (C=O) groups excluding carboxylic acids is 1. The Morgan fingerprint density at radius 3 is 2.71 bits per heavy atom. The molecule has 0 spiro atoms. The highest BCUT2D eigenvalue weighted by molar-refractivity contribution is 6.03. The molecule has 0 fully saturated rings. The highest BCUT2D eigenvalue weighted by Crippen LogP contribution is 2.27. The van der Waals surface area contributed by atoms with Gasteiger partial charge in [-0.25, -0.2) is 0 Å². The van der Waals surface area contributed by atoms with Crippen LogP contribution in [0.4, 0.5) is 5.69 Å². The van der Waals surface area contributed by atoms with Gasteiger partial charge in [0.1, 0.15) is 5.75 Å². The van der Waals surface area contributed by atoms with Gasteiger partial charge in [-0.05, 0) is 18.6 Å². The van der Waals surface area contributed by atoms with Gasteiger partial charge in [0.15, 0.2) is 5.78 Å². The number of nitrogens with two attached hydrogens (primary N) is 1. The molecular formula is C13H19NO3. The largest absolute Gasteiger partial charge is 0.495 e. The SMILES string of the molecule is COCCC(C)C(=O)c1cccc(OC)c1N. The first-order valence-corrected chi connectivity index (χ1v) is 5.57. The van der Waals surface area contributed by atoms with Gasteiger partial charge in [0, 0.05) is 25.2 Å². The molecule has 1 aromatic carbocycles. The second-order valence-corrected chi connectivity index (χ2v) is 3.97. The van der Waals surface area contributed by atoms with Gasteiger partial charge in [-0.15, -0.1) is 0 Å². The third kappa shape index (κ3) is 3.20. The Bertz CT molecular complexity index is 390. The van der Waals surface area contributed by atoms with Gasteiger partial charge < -0.3 is 15.2 Å². The molecule has 0 amide bonds. The number of rotatable bonds is 6. The Kier molecular flexibility index (Phi) is 4.97. The first kappa shape index (κ1) is 13.5. The second kappa shape index (κ2) is 6.25. The minimum Gasteiger partial charge on any atom is -0.495 e. The molecule has 0 radical (unpaired) electrons. The van der Waals surface area contributed by atoms with E-state index in [9.17, 15) is 4.79 Å². The van der Waals surface area contributed by atoms with Crippen molar-refractivity contribution in [2.45, 2.75) is 13.3 Å². The Labute approximate surface area is 102 Å². The summed E-state index contributed by atoms with van der Waals surface area (Å²) in [4.78, 5) is 12.1. The summed E-state index contributed by atoms with van der Waals surface area (Å²) in [5, 5.41) is 0. The summed E-state index contributed by atoms with van der Waals surface area (Å²) in [6.07, 6.45) is 0.686. The third-order valence-electron chi connectivity index (χ3n) is 2.75. The summed E-state index contributed by atoms with van der Waals surface area (Å²) in [5.41, 5.74) is 6.81. The molecule has 1 aromatic rings. The lowest BCUT2D eigenvalue weighted by molar-refractivity contribution is 0.0894. The first-order chi connectivity index (χ1) is 8.11. The molecule has 4 nitrogen and oxygen atoms in total. The third-order valence-corrected chi connectivity index (χ3v) is 2.75. The lowest BCUT2D eigenvalue weighted by Crippen LogP contribution is -2.15. The van der Waals surface area contributed by atoms with Crippen LogP contribution in [0.2, 0.25) is 0 Å². The predicted octanol–water partition coefficient (Wildman–Crippen LogP) is 2.13. The minimum atomic E-state index is -0.107. The van der Waals surface area contributed by atoms with Crippen molar-refractivity contribution in [1.29, 1.82) is 0 Å². The highest BCUT2D eigenvalue weighted by Gasteiger charge is 2.18. The molecular weight excluding hydrogens is 218 g/mol. The molecule has 17 heavy (non-hydrogen) atoms. The maximum Gasteiger partial charge on any atom is 0.167 e. The zero-order chi connectivity index (χ0) is 12.8. The fourth-order valence-electron chi connectivity index (χ4n) is 1.63. The number of hydrogen-bond donors (Lipinski definition) is 1. The van der Waals surface area contributed by atoms with Gasteiger partial charge in [-0.3, -0.25) is 4.79 Å². The quantitative estimate of drug-likeness (QED) is 0.608. The number of hydrogen-bond acceptors (Lipinski definition) is 4. The van der Waals surface area contributed by atoms with E-state index in [1.54, 1.807) is 25.3 Å². The highest BCUT2D eigenvalue weighted by atomic mass is 16.5. The summed E-state index contributed by atoms with van der Waals surface area (Å²) in [5.74, 6) is 0.456. The normalized spacial score (nSPS) is 12.2. The molecule has 4 heteroatoms. The predicted molar refractivity (Wildman–Crippen MR) is 67.4 cm³/mol. The molecule has 2 N–H and O–H groups in total. The van der Waals surface area contributed by atoms with Gasteiger partial charge in [-0.1, -0.05) is 13.0 Å². The van der Waals surface area contributed by atoms with E-state index in [2.05, 4.69) is 0 Å². The molecule has 94 valence electrons. The van der Waals surface area contributed by atoms with Crippen LogP contribution in [0.1, 0.15) is 23.7 Å². The minimum absolute atomic E-state index is 0.0263. The summed E-state index contributed by atoms with van der Waals surface area (Å²) in [6, 6.07) is 5.24. The number of ether oxygens (including phenoxy) is 2. The van der Waals surface area contributed by atoms with Crippen LogP contribution in [0.3, 0.4) is 0 Å². The lowest BCUT2D eigenvalue weighted by Gasteiger charge is -2.13. The van der Waals surface area contributed by atoms with E-state index >= 15 is 0 Å². The lowest BCUT2D eigenvalue weighted by atomic mass is 9.95. The Morgan fingerprint density at radius 1 is 1.41 bits per heavy atom. The number of benzene rings is 1. The number of Topliss-reactive ketones (excluding diaryl/α,β-unsaturated/α-hetero) is 1. The van der Waals surface area contributed by atoms with Gasteiger partial charge in [0.25, 0.3) is 0 Å². The zero-order valence-corrected chi connectivity index (χ0v) is 10.5. The van der Waals surface area contributed by atoms with Crippen molar-refractivity contribution in [3.05, 3.63) is 23.8 Å². The van der Waals surface area contributed by atoms with E-state index in [1.165, 1.54) is 7.11 Å². The van der Waals surface area contributed by atoms with Crippen LogP contribution in [0.15, 0.2) is 18.2 Å². The number of para-hydroxylation sites is 1. The summed E-state index contributed by atoms with van der Waals surface area (Å²) < 4.78 is 10.1. The van der Waals surface area contributed by atoms with Gasteiger partial charge >= 0.3 is 0 Å². The van der Waals surface area contributed by atoms with Crippen molar-refractivity contribution in [3.8, 4) is 5.75 Å². The Balaban J connectivity index is 2.88. The molecule has 1 atom stereocenters. The fraction of sp³-hybridized carbons (Fsp3) is 0.462. The van der Waals surface area contributed by atoms with Crippen LogP contribution in [0.5, 0.6) is 5.75 Å². The maximum atomic E-state index is 12.1. The summed E-state index contributed by atoms with van der Waals surface area (Å²) in [6.45, 7) is 2.44. The molecule has 0 heterocycles. The van der Waals surface area contributed by atoms with Crippen LogP contribution in [-0.4, -0.2) is 26.6 Å². The van der Waals surface area contributed by atoms with Crippen LogP contribution in [0, 0.1) is 5.92 Å². The number of nitrogen functional groups attached to an aromatic ring is 1. The molecule has 0 aliphatic carbocycles. The maximum absolute atomic E-state index is 12.1. The van der Waals surface area contributed by atoms with Gasteiger partial charge in [0.2, 0.25) is 0 Å². The number of ketones is 1. The average Bonchev–Trinajstić information content (AvgIpc) is 2.35. The topological polar surface area (TPSA) is 61.5 Å². The van der Waals surface area contributed by atoms with Crippen molar-refractivity contribution < 1.29 is 14.3 Å².